The topological polar surface area (TPSA) is 96.0 Å². The van der Waals surface area contributed by atoms with Gasteiger partial charge in [-0.25, -0.2) is 0 Å². The lowest BCUT2D eigenvalue weighted by molar-refractivity contribution is -0.138. The lowest BCUT2D eigenvalue weighted by Crippen LogP contribution is -2.17. The van der Waals surface area contributed by atoms with Crippen molar-refractivity contribution in [2.75, 3.05) is 13.2 Å². The van der Waals surface area contributed by atoms with E-state index in [1.165, 1.54) is 12.1 Å². The van der Waals surface area contributed by atoms with Crippen molar-refractivity contribution in [1.82, 2.24) is 0 Å². The van der Waals surface area contributed by atoms with E-state index in [0.717, 1.165) is 24.7 Å². The zero-order valence-corrected chi connectivity index (χ0v) is 18.5. The van der Waals surface area contributed by atoms with E-state index in [1.807, 2.05) is 0 Å². The molecule has 4 rings (SSSR count). The summed E-state index contributed by atoms with van der Waals surface area (Å²) in [5.41, 5.74) is -4.39. The number of rotatable bonds is 8. The Labute approximate surface area is 197 Å². The van der Waals surface area contributed by atoms with Gasteiger partial charge in [0.2, 0.25) is 0 Å². The van der Waals surface area contributed by atoms with Crippen LogP contribution in [0, 0.1) is 0 Å². The van der Waals surface area contributed by atoms with Gasteiger partial charge in [-0.3, -0.25) is 9.59 Å². The molecule has 0 saturated carbocycles. The van der Waals surface area contributed by atoms with Crippen molar-refractivity contribution in [2.24, 2.45) is 0 Å². The van der Waals surface area contributed by atoms with Gasteiger partial charge in [0.25, 0.3) is 0 Å². The number of ketones is 2. The molecule has 0 aliphatic carbocycles. The summed E-state index contributed by atoms with van der Waals surface area (Å²) < 4.78 is 111. The second-order valence-corrected chi connectivity index (χ2v) is 8.29. The largest absolute Gasteiger partial charge is 0.698 e. The maximum absolute atomic E-state index is 13.4. The molecule has 36 heavy (non-hydrogen) atoms. The SMILES string of the molecule is O=C(CO[P+](=O)OCC(=O)c1cc2ccoc2cc1C(F)(F)F)c1cc2ccoc2cc1C(F)(F)F. The molecule has 0 bridgehead atoms. The van der Waals surface area contributed by atoms with Crippen LogP contribution in [-0.4, -0.2) is 24.8 Å². The smallest absolute Gasteiger partial charge is 0.464 e. The predicted molar refractivity (Wildman–Crippen MR) is 111 cm³/mol. The Morgan fingerprint density at radius 3 is 1.47 bits per heavy atom. The maximum atomic E-state index is 13.4. The van der Waals surface area contributed by atoms with Gasteiger partial charge in [0.1, 0.15) is 11.2 Å². The molecular formula is C22H12F6O7P+. The molecule has 0 aliphatic rings. The molecule has 0 atom stereocenters. The molecular weight excluding hydrogens is 521 g/mol. The van der Waals surface area contributed by atoms with Crippen LogP contribution in [0.5, 0.6) is 0 Å². The van der Waals surface area contributed by atoms with Crippen LogP contribution in [0.2, 0.25) is 0 Å². The van der Waals surface area contributed by atoms with E-state index in [0.29, 0.717) is 12.1 Å². The van der Waals surface area contributed by atoms with E-state index in [1.54, 1.807) is 0 Å². The molecule has 2 heterocycles. The monoisotopic (exact) mass is 533 g/mol. The fraction of sp³-hybridized carbons (Fsp3) is 0.182. The van der Waals surface area contributed by atoms with Crippen LogP contribution >= 0.6 is 8.25 Å². The molecule has 0 unspecified atom stereocenters. The van der Waals surface area contributed by atoms with Crippen LogP contribution in [0.1, 0.15) is 31.8 Å². The number of hydrogen-bond donors (Lipinski definition) is 0. The van der Waals surface area contributed by atoms with Crippen LogP contribution in [0.25, 0.3) is 21.9 Å². The number of alkyl halides is 6. The molecule has 4 aromatic rings. The molecule has 7 nitrogen and oxygen atoms in total. The van der Waals surface area contributed by atoms with Crippen LogP contribution < -0.4 is 0 Å². The summed E-state index contributed by atoms with van der Waals surface area (Å²) in [4.78, 5) is 24.7. The third-order valence-electron chi connectivity index (χ3n) is 5.00. The van der Waals surface area contributed by atoms with Crippen molar-refractivity contribution < 1.29 is 58.4 Å². The Hall–Kier alpha value is -3.54. The first-order valence-corrected chi connectivity index (χ1v) is 10.9. The number of Topliss-reactive ketones (excluding diaryl/α,β-unsaturated/α-hetero) is 2. The van der Waals surface area contributed by atoms with Crippen molar-refractivity contribution in [3.05, 3.63) is 71.2 Å². The minimum Gasteiger partial charge on any atom is -0.464 e. The Morgan fingerprint density at radius 2 is 1.11 bits per heavy atom. The first-order valence-electron chi connectivity index (χ1n) is 9.81. The second-order valence-electron chi connectivity index (χ2n) is 7.32. The van der Waals surface area contributed by atoms with Crippen molar-refractivity contribution in [3.8, 4) is 0 Å². The van der Waals surface area contributed by atoms with Crippen molar-refractivity contribution in [2.45, 2.75) is 12.4 Å². The van der Waals surface area contributed by atoms with E-state index >= 15 is 0 Å². The zero-order chi connectivity index (χ0) is 26.3. The molecule has 188 valence electrons. The summed E-state index contributed by atoms with van der Waals surface area (Å²) in [5, 5.41) is 0.403. The Kier molecular flexibility index (Phi) is 6.74. The number of hydrogen-bond acceptors (Lipinski definition) is 7. The first-order chi connectivity index (χ1) is 16.8. The summed E-state index contributed by atoms with van der Waals surface area (Å²) in [6.45, 7) is -2.24. The van der Waals surface area contributed by atoms with Crippen molar-refractivity contribution in [1.29, 1.82) is 0 Å². The van der Waals surface area contributed by atoms with Gasteiger partial charge < -0.3 is 8.83 Å². The van der Waals surface area contributed by atoms with Gasteiger partial charge >= 0.3 is 20.6 Å². The third kappa shape index (κ3) is 5.32. The zero-order valence-electron chi connectivity index (χ0n) is 17.6. The Bertz CT molecular complexity index is 1370. The van der Waals surface area contributed by atoms with Crippen molar-refractivity contribution in [3.63, 3.8) is 0 Å². The van der Waals surface area contributed by atoms with Gasteiger partial charge in [0, 0.05) is 26.5 Å². The molecule has 14 heteroatoms. The predicted octanol–water partition coefficient (Wildman–Crippen LogP) is 6.97. The second kappa shape index (κ2) is 9.49. The molecule has 2 aromatic carbocycles. The summed E-state index contributed by atoms with van der Waals surface area (Å²) in [6, 6.07) is 5.78. The highest BCUT2D eigenvalue weighted by molar-refractivity contribution is 7.33. The average Bonchev–Trinajstić information content (AvgIpc) is 3.46. The summed E-state index contributed by atoms with van der Waals surface area (Å²) >= 11 is 0. The van der Waals surface area contributed by atoms with Gasteiger partial charge in [-0.2, -0.15) is 26.3 Å². The van der Waals surface area contributed by atoms with Crippen molar-refractivity contribution >= 4 is 41.8 Å². The standard InChI is InChI=1S/C22H12F6O7P/c23-21(24,25)15-7-19-11(1-3-32-19)5-13(15)17(29)9-34-36(31)35-10-18(30)14-6-12-2-4-33-20(12)8-16(14)22(26,27)28/h1-8H,9-10H2/q+1. The van der Waals surface area contributed by atoms with Crippen LogP contribution in [0.15, 0.2) is 57.8 Å². The Balaban J connectivity index is 1.43. The number of furan rings is 2. The quantitative estimate of drug-likeness (QED) is 0.137. The van der Waals surface area contributed by atoms with E-state index in [2.05, 4.69) is 9.05 Å². The summed E-state index contributed by atoms with van der Waals surface area (Å²) in [7, 11) is -3.24. The number of fused-ring (bicyclic) bond motifs is 2. The number of carbonyl (C=O) groups excluding carboxylic acids is 2. The van der Waals surface area contributed by atoms with Gasteiger partial charge in [0.15, 0.2) is 24.8 Å². The van der Waals surface area contributed by atoms with Crippen LogP contribution in [0.4, 0.5) is 26.3 Å². The number of benzene rings is 2. The maximum Gasteiger partial charge on any atom is 0.698 e. The molecule has 0 radical (unpaired) electrons. The molecule has 2 aromatic heterocycles. The molecule has 0 N–H and O–H groups in total. The number of halogens is 6. The van der Waals surface area contributed by atoms with Gasteiger partial charge in [-0.05, 0) is 36.4 Å². The van der Waals surface area contributed by atoms with Crippen LogP contribution in [-0.2, 0) is 26.0 Å². The molecule has 0 fully saturated rings. The lowest BCUT2D eigenvalue weighted by Gasteiger charge is -2.11. The highest BCUT2D eigenvalue weighted by atomic mass is 31.1. The van der Waals surface area contributed by atoms with Gasteiger partial charge in [-0.15, -0.1) is 9.05 Å². The number of carbonyl (C=O) groups is 2. The molecule has 0 spiro atoms. The summed E-state index contributed by atoms with van der Waals surface area (Å²) in [5.74, 6) is -2.40. The summed E-state index contributed by atoms with van der Waals surface area (Å²) in [6.07, 6.45) is -7.57. The molecule has 0 aliphatic heterocycles. The Morgan fingerprint density at radius 1 is 0.722 bits per heavy atom. The van der Waals surface area contributed by atoms with E-state index in [-0.39, 0.29) is 21.9 Å². The highest BCUT2D eigenvalue weighted by Crippen LogP contribution is 2.37. The molecule has 0 saturated heterocycles. The normalized spacial score (nSPS) is 12.4. The molecule has 0 amide bonds. The first kappa shape index (κ1) is 25.5. The third-order valence-corrected chi connectivity index (χ3v) is 5.68. The highest BCUT2D eigenvalue weighted by Gasteiger charge is 2.38. The fourth-order valence-corrected chi connectivity index (χ4v) is 3.88. The lowest BCUT2D eigenvalue weighted by atomic mass is 10.0. The minimum atomic E-state index is -4.91. The van der Waals surface area contributed by atoms with Gasteiger partial charge in [0.05, 0.1) is 23.7 Å². The van der Waals surface area contributed by atoms with Crippen LogP contribution in [0.3, 0.4) is 0 Å². The van der Waals surface area contributed by atoms with E-state index in [9.17, 15) is 40.5 Å². The fourth-order valence-electron chi connectivity index (χ4n) is 3.36. The minimum absolute atomic E-state index is 0.112. The average molecular weight is 533 g/mol. The van der Waals surface area contributed by atoms with Gasteiger partial charge in [-0.1, -0.05) is 0 Å². The van der Waals surface area contributed by atoms with E-state index in [4.69, 9.17) is 8.83 Å². The van der Waals surface area contributed by atoms with E-state index < -0.39 is 67.6 Å².